The molecule has 0 aliphatic carbocycles. The minimum atomic E-state index is -1.95. The second kappa shape index (κ2) is 16.6. The summed E-state index contributed by atoms with van der Waals surface area (Å²) in [6, 6.07) is -1.58. The van der Waals surface area contributed by atoms with Gasteiger partial charge in [-0.05, 0) is 0 Å². The lowest BCUT2D eigenvalue weighted by Crippen LogP contribution is -2.69. The Morgan fingerprint density at radius 1 is 0.574 bits per heavy atom. The molecule has 0 radical (unpaired) electrons. The van der Waals surface area contributed by atoms with E-state index in [2.05, 4.69) is 5.32 Å². The normalized spacial score (nSPS) is 49.4. The Bertz CT molecular complexity index is 994. The predicted octanol–water partition coefficient (Wildman–Crippen LogP) is -8.92. The van der Waals surface area contributed by atoms with Crippen LogP contribution in [0.3, 0.4) is 0 Å². The van der Waals surface area contributed by atoms with Gasteiger partial charge in [0.2, 0.25) is 5.91 Å². The molecule has 21 nitrogen and oxygen atoms in total. The van der Waals surface area contributed by atoms with Gasteiger partial charge in [0, 0.05) is 6.92 Å². The highest BCUT2D eigenvalue weighted by atomic mass is 16.8. The van der Waals surface area contributed by atoms with Gasteiger partial charge >= 0.3 is 0 Å². The topological polar surface area (TPSA) is 336 Å². The SMILES string of the molecule is CC(=O)NC1C(OC2C(O)C(CO)OC(OC3C(CO)OCC(O)C3O)C2O)OC(CO)C(OC2OC(CO)C(O)C(O)C2O)C1O. The molecular weight excluding hydrogens is 646 g/mol. The number of rotatable bonds is 11. The summed E-state index contributed by atoms with van der Waals surface area (Å²) in [4.78, 5) is 12.1. The highest BCUT2D eigenvalue weighted by molar-refractivity contribution is 5.73. The molecule has 0 aromatic rings. The van der Waals surface area contributed by atoms with Gasteiger partial charge in [-0.15, -0.1) is 0 Å². The lowest BCUT2D eigenvalue weighted by Gasteiger charge is -2.49. The quantitative estimate of drug-likeness (QED) is 0.0956. The molecule has 0 aromatic carbocycles. The first kappa shape index (κ1) is 38.5. The molecule has 4 aliphatic rings. The summed E-state index contributed by atoms with van der Waals surface area (Å²) in [5.41, 5.74) is 0. The molecule has 0 spiro atoms. The van der Waals surface area contributed by atoms with E-state index < -0.39 is 149 Å². The summed E-state index contributed by atoms with van der Waals surface area (Å²) in [6.07, 6.45) is -29.9. The molecule has 4 aliphatic heterocycles. The van der Waals surface area contributed by atoms with E-state index in [0.29, 0.717) is 0 Å². The van der Waals surface area contributed by atoms with Crippen LogP contribution in [-0.2, 0) is 38.0 Å². The third kappa shape index (κ3) is 8.20. The number of nitrogens with one attached hydrogen (secondary N) is 1. The average molecular weight is 692 g/mol. The molecule has 21 heteroatoms. The van der Waals surface area contributed by atoms with Crippen LogP contribution in [0.5, 0.6) is 0 Å². The zero-order valence-electron chi connectivity index (χ0n) is 25.1. The molecule has 1 amide bonds. The van der Waals surface area contributed by atoms with E-state index in [4.69, 9.17) is 33.2 Å². The molecule has 0 saturated carbocycles. The van der Waals surface area contributed by atoms with Gasteiger partial charge in [0.15, 0.2) is 18.9 Å². The van der Waals surface area contributed by atoms with Crippen molar-refractivity contribution < 1.29 is 99.2 Å². The van der Waals surface area contributed by atoms with Crippen molar-refractivity contribution in [2.24, 2.45) is 0 Å². The maximum Gasteiger partial charge on any atom is 0.217 e. The smallest absolute Gasteiger partial charge is 0.217 e. The van der Waals surface area contributed by atoms with Crippen LogP contribution in [-0.4, -0.2) is 217 Å². The average Bonchev–Trinajstić information content (AvgIpc) is 3.05. The number of hydrogen-bond acceptors (Lipinski definition) is 20. The maximum absolute atomic E-state index is 12.1. The Kier molecular flexibility index (Phi) is 13.6. The number of carbonyl (C=O) groups is 1. The summed E-state index contributed by atoms with van der Waals surface area (Å²) in [6.45, 7) is -2.44. The van der Waals surface area contributed by atoms with Gasteiger partial charge in [-0.25, -0.2) is 0 Å². The fraction of sp³-hybridized carbons (Fsp3) is 0.962. The zero-order valence-corrected chi connectivity index (χ0v) is 25.1. The third-order valence-corrected chi connectivity index (χ3v) is 8.53. The Labute approximate surface area is 267 Å². The molecule has 4 fully saturated rings. The van der Waals surface area contributed by atoms with Crippen molar-refractivity contribution in [3.8, 4) is 0 Å². The fourth-order valence-electron chi connectivity index (χ4n) is 5.89. The minimum Gasteiger partial charge on any atom is -0.394 e. The molecule has 0 bridgehead atoms. The Balaban J connectivity index is 1.56. The number of aliphatic hydroxyl groups is 12. The monoisotopic (exact) mass is 691 g/mol. The molecule has 0 aromatic heterocycles. The lowest BCUT2D eigenvalue weighted by molar-refractivity contribution is -0.375. The van der Waals surface area contributed by atoms with Crippen molar-refractivity contribution in [3.05, 3.63) is 0 Å². The molecule has 4 rings (SSSR count). The van der Waals surface area contributed by atoms with Crippen molar-refractivity contribution in [3.63, 3.8) is 0 Å². The second-order valence-corrected chi connectivity index (χ2v) is 11.8. The van der Waals surface area contributed by atoms with Gasteiger partial charge in [-0.2, -0.15) is 0 Å². The van der Waals surface area contributed by atoms with Crippen LogP contribution >= 0.6 is 0 Å². The summed E-state index contributed by atoms with van der Waals surface area (Å²) in [5, 5.41) is 126. The van der Waals surface area contributed by atoms with E-state index in [1.807, 2.05) is 0 Å². The van der Waals surface area contributed by atoms with Crippen molar-refractivity contribution in [2.75, 3.05) is 33.0 Å². The second-order valence-electron chi connectivity index (χ2n) is 11.8. The molecule has 4 saturated heterocycles. The summed E-state index contributed by atoms with van der Waals surface area (Å²) >= 11 is 0. The molecular formula is C26H45NO20. The highest BCUT2D eigenvalue weighted by Gasteiger charge is 2.55. The molecule has 19 atom stereocenters. The van der Waals surface area contributed by atoms with E-state index in [1.165, 1.54) is 0 Å². The predicted molar refractivity (Wildman–Crippen MR) is 144 cm³/mol. The first-order chi connectivity index (χ1) is 22.3. The molecule has 4 heterocycles. The molecule has 47 heavy (non-hydrogen) atoms. The Morgan fingerprint density at radius 3 is 1.62 bits per heavy atom. The van der Waals surface area contributed by atoms with Crippen LogP contribution in [0.1, 0.15) is 6.92 Å². The van der Waals surface area contributed by atoms with Gasteiger partial charge < -0.3 is 99.8 Å². The first-order valence-corrected chi connectivity index (χ1v) is 15.0. The van der Waals surface area contributed by atoms with Crippen LogP contribution in [0, 0.1) is 0 Å². The van der Waals surface area contributed by atoms with E-state index in [0.717, 1.165) is 6.92 Å². The number of carbonyl (C=O) groups excluding carboxylic acids is 1. The van der Waals surface area contributed by atoms with Crippen LogP contribution in [0.15, 0.2) is 0 Å². The van der Waals surface area contributed by atoms with Crippen LogP contribution < -0.4 is 5.32 Å². The number of amides is 1. The molecule has 274 valence electrons. The van der Waals surface area contributed by atoms with Gasteiger partial charge in [0.05, 0.1) is 33.0 Å². The minimum absolute atomic E-state index is 0.330. The Morgan fingerprint density at radius 2 is 1.06 bits per heavy atom. The molecule has 19 unspecified atom stereocenters. The van der Waals surface area contributed by atoms with Crippen LogP contribution in [0.2, 0.25) is 0 Å². The largest absolute Gasteiger partial charge is 0.394 e. The van der Waals surface area contributed by atoms with Gasteiger partial charge in [-0.1, -0.05) is 0 Å². The lowest BCUT2D eigenvalue weighted by atomic mass is 9.94. The summed E-state index contributed by atoms with van der Waals surface area (Å²) in [5.74, 6) is -0.734. The van der Waals surface area contributed by atoms with Gasteiger partial charge in [0.25, 0.3) is 0 Å². The number of aliphatic hydroxyl groups excluding tert-OH is 12. The maximum atomic E-state index is 12.1. The van der Waals surface area contributed by atoms with Crippen molar-refractivity contribution in [1.82, 2.24) is 5.32 Å². The van der Waals surface area contributed by atoms with E-state index in [-0.39, 0.29) is 6.61 Å². The van der Waals surface area contributed by atoms with Crippen molar-refractivity contribution >= 4 is 5.91 Å². The zero-order chi connectivity index (χ0) is 34.7. The fourth-order valence-corrected chi connectivity index (χ4v) is 5.89. The number of hydrogen-bond donors (Lipinski definition) is 13. The van der Waals surface area contributed by atoms with E-state index in [9.17, 15) is 66.1 Å². The van der Waals surface area contributed by atoms with Crippen LogP contribution in [0.25, 0.3) is 0 Å². The third-order valence-electron chi connectivity index (χ3n) is 8.53. The van der Waals surface area contributed by atoms with Crippen molar-refractivity contribution in [1.29, 1.82) is 0 Å². The standard InChI is InChI=1S/C26H45NO20/c1-7(32)27-13-17(37)22(46-25-19(39)18(38)15(35)9(2-28)42-25)12(5-31)44-24(13)47-23-16(36)10(3-29)43-26(20(23)40)45-21-11(4-30)41-6-8(33)14(21)34/h8-26,28-31,33-40H,2-6H2,1H3,(H,27,32). The summed E-state index contributed by atoms with van der Waals surface area (Å²) in [7, 11) is 0. The molecule has 13 N–H and O–H groups in total. The van der Waals surface area contributed by atoms with E-state index in [1.54, 1.807) is 0 Å². The van der Waals surface area contributed by atoms with E-state index >= 15 is 0 Å². The number of ether oxygens (including phenoxy) is 7. The van der Waals surface area contributed by atoms with Crippen LogP contribution in [0.4, 0.5) is 0 Å². The first-order valence-electron chi connectivity index (χ1n) is 15.0. The van der Waals surface area contributed by atoms with Gasteiger partial charge in [0.1, 0.15) is 97.6 Å². The Hall–Kier alpha value is -1.29. The summed E-state index contributed by atoms with van der Waals surface area (Å²) < 4.78 is 38.9. The van der Waals surface area contributed by atoms with Crippen molar-refractivity contribution in [2.45, 2.75) is 123 Å². The highest BCUT2D eigenvalue weighted by Crippen LogP contribution is 2.34. The van der Waals surface area contributed by atoms with Gasteiger partial charge in [-0.3, -0.25) is 4.79 Å².